The molecule has 0 saturated carbocycles. The number of alkyl halides is 3. The van der Waals surface area contributed by atoms with E-state index in [0.29, 0.717) is 47.2 Å². The van der Waals surface area contributed by atoms with Gasteiger partial charge < -0.3 is 25.0 Å². The van der Waals surface area contributed by atoms with Gasteiger partial charge in [-0.05, 0) is 30.3 Å². The average molecular weight is 526 g/mol. The number of aromatic nitrogens is 2. The number of amides is 1. The van der Waals surface area contributed by atoms with Gasteiger partial charge in [-0.2, -0.15) is 13.2 Å². The lowest BCUT2D eigenvalue weighted by Gasteiger charge is -2.31. The second-order valence-corrected chi connectivity index (χ2v) is 9.56. The van der Waals surface area contributed by atoms with E-state index >= 15 is 0 Å². The largest absolute Gasteiger partial charge is 0.495 e. The molecule has 2 aromatic carbocycles. The molecule has 186 valence electrons. The summed E-state index contributed by atoms with van der Waals surface area (Å²) in [5.74, 6) is 0.161. The fourth-order valence-electron chi connectivity index (χ4n) is 3.39. The molecule has 3 aromatic rings. The number of nitrogens with one attached hydrogen (secondary N) is 2. The van der Waals surface area contributed by atoms with Crippen molar-refractivity contribution in [3.63, 3.8) is 0 Å². The zero-order chi connectivity index (χ0) is 24.8. The van der Waals surface area contributed by atoms with Crippen LogP contribution in [0.2, 0.25) is 0 Å². The first-order valence-corrected chi connectivity index (χ1v) is 12.3. The maximum Gasteiger partial charge on any atom is 0.416 e. The minimum Gasteiger partial charge on any atom is -0.495 e. The number of anilines is 4. The number of ether oxygens (including phenoxy) is 2. The Morgan fingerprint density at radius 3 is 2.69 bits per heavy atom. The Labute approximate surface area is 207 Å². The van der Waals surface area contributed by atoms with Gasteiger partial charge in [-0.3, -0.25) is 4.79 Å². The van der Waals surface area contributed by atoms with Gasteiger partial charge in [0.2, 0.25) is 11.0 Å². The third kappa shape index (κ3) is 6.55. The highest BCUT2D eigenvalue weighted by atomic mass is 32.2. The van der Waals surface area contributed by atoms with Crippen molar-refractivity contribution in [2.24, 2.45) is 0 Å². The van der Waals surface area contributed by atoms with Crippen LogP contribution in [0.3, 0.4) is 0 Å². The number of nitrogens with zero attached hydrogens (tertiary/aromatic N) is 3. The highest BCUT2D eigenvalue weighted by Crippen LogP contribution is 2.36. The van der Waals surface area contributed by atoms with Crippen LogP contribution in [0.4, 0.5) is 35.4 Å². The lowest BCUT2D eigenvalue weighted by molar-refractivity contribution is -0.137. The minimum absolute atomic E-state index is 0.0396. The second-order valence-electron chi connectivity index (χ2n) is 7.36. The topological polar surface area (TPSA) is 88.6 Å². The van der Waals surface area contributed by atoms with Crippen LogP contribution >= 0.6 is 23.1 Å². The molecule has 0 atom stereocenters. The van der Waals surface area contributed by atoms with Crippen LogP contribution in [0.5, 0.6) is 5.75 Å². The van der Waals surface area contributed by atoms with Crippen molar-refractivity contribution in [3.05, 3.63) is 48.0 Å². The summed E-state index contributed by atoms with van der Waals surface area (Å²) in [6.07, 6.45) is -4.52. The molecule has 35 heavy (non-hydrogen) atoms. The zero-order valence-corrected chi connectivity index (χ0v) is 20.2. The number of rotatable bonds is 8. The fraction of sp³-hybridized carbons (Fsp3) is 0.318. The molecule has 13 heteroatoms. The van der Waals surface area contributed by atoms with Gasteiger partial charge in [0.1, 0.15) is 5.75 Å². The summed E-state index contributed by atoms with van der Waals surface area (Å²) in [4.78, 5) is 14.5. The molecule has 2 N–H and O–H groups in total. The summed E-state index contributed by atoms with van der Waals surface area (Å²) >= 11 is 2.40. The predicted octanol–water partition coefficient (Wildman–Crippen LogP) is 4.88. The van der Waals surface area contributed by atoms with Gasteiger partial charge in [-0.25, -0.2) is 0 Å². The molecule has 4 rings (SSSR count). The normalized spacial score (nSPS) is 14.0. The van der Waals surface area contributed by atoms with Crippen molar-refractivity contribution in [1.82, 2.24) is 10.2 Å². The lowest BCUT2D eigenvalue weighted by atomic mass is 10.1. The van der Waals surface area contributed by atoms with Crippen molar-refractivity contribution in [3.8, 4) is 5.75 Å². The minimum atomic E-state index is -4.52. The molecule has 0 unspecified atom stereocenters. The first-order valence-electron chi connectivity index (χ1n) is 10.5. The molecule has 1 saturated heterocycles. The smallest absolute Gasteiger partial charge is 0.416 e. The number of carbonyl (C=O) groups is 1. The van der Waals surface area contributed by atoms with Crippen LogP contribution in [0.25, 0.3) is 0 Å². The Kier molecular flexibility index (Phi) is 7.98. The van der Waals surface area contributed by atoms with Gasteiger partial charge >= 0.3 is 6.18 Å². The summed E-state index contributed by atoms with van der Waals surface area (Å²) in [6.45, 7) is 1.98. The van der Waals surface area contributed by atoms with Gasteiger partial charge in [0, 0.05) is 13.1 Å². The standard InChI is InChI=1S/C22H22F3N5O3S2/c1-32-18-5-3-2-4-15(18)27-20-28-29-21(35-20)34-13-19(31)26-16-12-14(22(23,24)25)6-7-17(16)30-8-10-33-11-9-30/h2-7,12H,8-11,13H2,1H3,(H,26,31)(H,27,28). The predicted molar refractivity (Wildman–Crippen MR) is 130 cm³/mol. The van der Waals surface area contributed by atoms with Crippen LogP contribution in [-0.4, -0.2) is 55.3 Å². The Morgan fingerprint density at radius 1 is 1.17 bits per heavy atom. The molecule has 2 heterocycles. The van der Waals surface area contributed by atoms with Crippen molar-refractivity contribution < 1.29 is 27.4 Å². The van der Waals surface area contributed by atoms with E-state index in [4.69, 9.17) is 9.47 Å². The third-order valence-electron chi connectivity index (χ3n) is 5.03. The number of morpholine rings is 1. The molecule has 1 aliphatic rings. The lowest BCUT2D eigenvalue weighted by Crippen LogP contribution is -2.37. The number of benzene rings is 2. The third-order valence-corrected chi connectivity index (χ3v) is 7.00. The van der Waals surface area contributed by atoms with Crippen LogP contribution in [-0.2, 0) is 15.7 Å². The van der Waals surface area contributed by atoms with Crippen LogP contribution in [0.15, 0.2) is 46.8 Å². The number of hydrogen-bond acceptors (Lipinski definition) is 9. The number of carbonyl (C=O) groups excluding carboxylic acids is 1. The van der Waals surface area contributed by atoms with Gasteiger partial charge in [-0.1, -0.05) is 35.2 Å². The van der Waals surface area contributed by atoms with Crippen LogP contribution < -0.4 is 20.3 Å². The summed E-state index contributed by atoms with van der Waals surface area (Å²) in [5, 5.41) is 14.4. The zero-order valence-electron chi connectivity index (χ0n) is 18.6. The van der Waals surface area contributed by atoms with E-state index in [1.54, 1.807) is 7.11 Å². The molecule has 1 amide bonds. The monoisotopic (exact) mass is 525 g/mol. The quantitative estimate of drug-likeness (QED) is 0.403. The van der Waals surface area contributed by atoms with Crippen molar-refractivity contribution in [2.75, 3.05) is 54.7 Å². The van der Waals surface area contributed by atoms with Crippen LogP contribution in [0.1, 0.15) is 5.56 Å². The van der Waals surface area contributed by atoms with E-state index in [2.05, 4.69) is 20.8 Å². The second kappa shape index (κ2) is 11.1. The summed E-state index contributed by atoms with van der Waals surface area (Å²) in [5.41, 5.74) is 0.538. The molecular weight excluding hydrogens is 503 g/mol. The Bertz CT molecular complexity index is 1170. The molecule has 0 aliphatic carbocycles. The highest BCUT2D eigenvalue weighted by Gasteiger charge is 2.32. The summed E-state index contributed by atoms with van der Waals surface area (Å²) in [6, 6.07) is 10.7. The number of hydrogen-bond donors (Lipinski definition) is 2. The molecule has 0 radical (unpaired) electrons. The van der Waals surface area contributed by atoms with Crippen LogP contribution in [0, 0.1) is 0 Å². The van der Waals surface area contributed by atoms with E-state index in [-0.39, 0.29) is 11.4 Å². The average Bonchev–Trinajstić information content (AvgIpc) is 3.30. The maximum atomic E-state index is 13.3. The number of thioether (sulfide) groups is 1. The molecule has 1 aliphatic heterocycles. The molecule has 0 spiro atoms. The summed E-state index contributed by atoms with van der Waals surface area (Å²) in [7, 11) is 1.56. The van der Waals surface area contributed by atoms with E-state index in [1.165, 1.54) is 17.4 Å². The SMILES string of the molecule is COc1ccccc1Nc1nnc(SCC(=O)Nc2cc(C(F)(F)F)ccc2N2CCOCC2)s1. The van der Waals surface area contributed by atoms with Gasteiger partial charge in [-0.15, -0.1) is 10.2 Å². The molecular formula is C22H22F3N5O3S2. The van der Waals surface area contributed by atoms with Gasteiger partial charge in [0.05, 0.1) is 48.7 Å². The van der Waals surface area contributed by atoms with E-state index in [0.717, 1.165) is 29.6 Å². The highest BCUT2D eigenvalue weighted by molar-refractivity contribution is 8.01. The van der Waals surface area contributed by atoms with Crippen molar-refractivity contribution >= 4 is 51.2 Å². The Morgan fingerprint density at radius 2 is 1.94 bits per heavy atom. The first-order chi connectivity index (χ1) is 16.8. The van der Waals surface area contributed by atoms with E-state index in [9.17, 15) is 18.0 Å². The van der Waals surface area contributed by atoms with Gasteiger partial charge in [0.15, 0.2) is 4.34 Å². The van der Waals surface area contributed by atoms with E-state index < -0.39 is 17.6 Å². The molecule has 0 bridgehead atoms. The van der Waals surface area contributed by atoms with E-state index in [1.807, 2.05) is 29.2 Å². The Balaban J connectivity index is 1.41. The first kappa shape index (κ1) is 25.1. The molecule has 1 aromatic heterocycles. The van der Waals surface area contributed by atoms with Crippen molar-refractivity contribution in [2.45, 2.75) is 10.5 Å². The Hall–Kier alpha value is -3.03. The maximum absolute atomic E-state index is 13.3. The molecule has 1 fully saturated rings. The fourth-order valence-corrected chi connectivity index (χ4v) is 4.95. The summed E-state index contributed by atoms with van der Waals surface area (Å²) < 4.78 is 51.0. The number of para-hydroxylation sites is 2. The number of methoxy groups -OCH3 is 1. The van der Waals surface area contributed by atoms with Gasteiger partial charge in [0.25, 0.3) is 0 Å². The molecule has 8 nitrogen and oxygen atoms in total. The van der Waals surface area contributed by atoms with Crippen molar-refractivity contribution in [1.29, 1.82) is 0 Å². The number of halogens is 3.